The standard InChI is InChI=1S/C25H22FN5O/c1-15-4-9-20(16(2)22(15)23-17(3)29-21(30-23)10-11-27)24(32)31-13-25(26,14-31)19-7-5-18(12-28)6-8-19/h4-9H,10,13-14H2,1-3H3,(H,29,30). The molecular formula is C25H22FN5O. The number of hydrogen-bond acceptors (Lipinski definition) is 4. The molecule has 1 aliphatic heterocycles. The lowest BCUT2D eigenvalue weighted by molar-refractivity contribution is -0.0231. The molecule has 1 saturated heterocycles. The number of imidazole rings is 1. The van der Waals surface area contributed by atoms with Crippen LogP contribution in [0.5, 0.6) is 0 Å². The Morgan fingerprint density at radius 2 is 1.84 bits per heavy atom. The Bertz CT molecular complexity index is 1290. The van der Waals surface area contributed by atoms with Crippen LogP contribution in [0.1, 0.15) is 44.1 Å². The van der Waals surface area contributed by atoms with Crippen molar-refractivity contribution in [1.82, 2.24) is 14.9 Å². The average Bonchev–Trinajstić information content (AvgIpc) is 3.11. The second-order valence-electron chi connectivity index (χ2n) is 8.24. The molecule has 32 heavy (non-hydrogen) atoms. The Balaban J connectivity index is 1.60. The molecule has 6 nitrogen and oxygen atoms in total. The van der Waals surface area contributed by atoms with Gasteiger partial charge in [-0.1, -0.05) is 18.2 Å². The number of benzene rings is 2. The second kappa shape index (κ2) is 7.94. The van der Waals surface area contributed by atoms with Crippen molar-refractivity contribution >= 4 is 5.91 Å². The fourth-order valence-corrected chi connectivity index (χ4v) is 4.27. The summed E-state index contributed by atoms with van der Waals surface area (Å²) in [6.07, 6.45) is 0.180. The van der Waals surface area contributed by atoms with E-state index in [9.17, 15) is 4.79 Å². The maximum absolute atomic E-state index is 15.3. The van der Waals surface area contributed by atoms with Crippen molar-refractivity contribution in [3.8, 4) is 23.4 Å². The number of hydrogen-bond donors (Lipinski definition) is 1. The first-order valence-electron chi connectivity index (χ1n) is 10.3. The molecule has 7 heteroatoms. The molecule has 1 amide bonds. The number of carbonyl (C=O) groups is 1. The van der Waals surface area contributed by atoms with E-state index in [1.807, 2.05) is 32.9 Å². The van der Waals surface area contributed by atoms with E-state index in [0.717, 1.165) is 28.1 Å². The molecule has 2 heterocycles. The van der Waals surface area contributed by atoms with E-state index >= 15 is 4.39 Å². The number of nitrogens with one attached hydrogen (secondary N) is 1. The first-order valence-corrected chi connectivity index (χ1v) is 10.3. The van der Waals surface area contributed by atoms with Crippen LogP contribution in [0.2, 0.25) is 0 Å². The van der Waals surface area contributed by atoms with E-state index in [0.29, 0.717) is 22.5 Å². The highest BCUT2D eigenvalue weighted by molar-refractivity contribution is 5.98. The minimum atomic E-state index is -1.62. The maximum Gasteiger partial charge on any atom is 0.254 e. The maximum atomic E-state index is 15.3. The highest BCUT2D eigenvalue weighted by atomic mass is 19.1. The first-order chi connectivity index (χ1) is 15.3. The van der Waals surface area contributed by atoms with Gasteiger partial charge in [-0.25, -0.2) is 9.37 Å². The molecule has 1 N–H and O–H groups in total. The second-order valence-corrected chi connectivity index (χ2v) is 8.24. The number of carbonyl (C=O) groups excluding carboxylic acids is 1. The SMILES string of the molecule is Cc1ccc(C(=O)N2CC(F)(c3ccc(C#N)cc3)C2)c(C)c1-c1nc(CC#N)[nH]c1C. The summed E-state index contributed by atoms with van der Waals surface area (Å²) in [5, 5.41) is 17.9. The number of likely N-dealkylation sites (tertiary alicyclic amines) is 1. The molecule has 0 radical (unpaired) electrons. The van der Waals surface area contributed by atoms with Gasteiger partial charge < -0.3 is 9.88 Å². The van der Waals surface area contributed by atoms with Crippen molar-refractivity contribution in [2.24, 2.45) is 0 Å². The number of amides is 1. The van der Waals surface area contributed by atoms with E-state index < -0.39 is 5.67 Å². The predicted molar refractivity (Wildman–Crippen MR) is 117 cm³/mol. The zero-order valence-corrected chi connectivity index (χ0v) is 18.2. The molecule has 0 aliphatic carbocycles. The molecule has 0 spiro atoms. The largest absolute Gasteiger partial charge is 0.345 e. The number of rotatable bonds is 4. The Morgan fingerprint density at radius 1 is 1.16 bits per heavy atom. The van der Waals surface area contributed by atoms with Gasteiger partial charge in [-0.15, -0.1) is 0 Å². The van der Waals surface area contributed by atoms with Crippen molar-refractivity contribution in [3.05, 3.63) is 75.7 Å². The topological polar surface area (TPSA) is 96.6 Å². The number of alkyl halides is 1. The Hall–Kier alpha value is -3.97. The molecular weight excluding hydrogens is 405 g/mol. The summed E-state index contributed by atoms with van der Waals surface area (Å²) >= 11 is 0. The number of aryl methyl sites for hydroxylation is 2. The lowest BCUT2D eigenvalue weighted by atomic mass is 9.86. The van der Waals surface area contributed by atoms with E-state index in [1.54, 1.807) is 30.3 Å². The van der Waals surface area contributed by atoms with E-state index in [2.05, 4.69) is 16.0 Å². The van der Waals surface area contributed by atoms with Gasteiger partial charge in [-0.2, -0.15) is 10.5 Å². The van der Waals surface area contributed by atoms with Gasteiger partial charge in [0.05, 0.1) is 42.9 Å². The number of aromatic nitrogens is 2. The van der Waals surface area contributed by atoms with Crippen LogP contribution in [0.15, 0.2) is 36.4 Å². The van der Waals surface area contributed by atoms with Crippen molar-refractivity contribution in [1.29, 1.82) is 10.5 Å². The number of halogens is 1. The molecule has 0 bridgehead atoms. The Kier molecular flexibility index (Phi) is 5.28. The third-order valence-corrected chi connectivity index (χ3v) is 6.02. The van der Waals surface area contributed by atoms with Crippen molar-refractivity contribution in [2.45, 2.75) is 32.9 Å². The van der Waals surface area contributed by atoms with Crippen LogP contribution in [0.3, 0.4) is 0 Å². The molecule has 0 atom stereocenters. The third-order valence-electron chi connectivity index (χ3n) is 6.02. The van der Waals surface area contributed by atoms with E-state index in [1.165, 1.54) is 4.90 Å². The van der Waals surface area contributed by atoms with E-state index in [-0.39, 0.29) is 25.4 Å². The molecule has 160 valence electrons. The molecule has 0 saturated carbocycles. The molecule has 4 rings (SSSR count). The Morgan fingerprint density at radius 3 is 2.47 bits per heavy atom. The molecule has 2 aromatic carbocycles. The number of nitriles is 2. The van der Waals surface area contributed by atoms with Gasteiger partial charge in [0, 0.05) is 16.8 Å². The molecule has 1 aliphatic rings. The van der Waals surface area contributed by atoms with Crippen molar-refractivity contribution in [2.75, 3.05) is 13.1 Å². The number of aromatic amines is 1. The summed E-state index contributed by atoms with van der Waals surface area (Å²) in [5.41, 5.74) is 4.00. The summed E-state index contributed by atoms with van der Waals surface area (Å²) in [6, 6.07) is 14.1. The van der Waals surface area contributed by atoms with Crippen LogP contribution in [0, 0.1) is 43.4 Å². The van der Waals surface area contributed by atoms with Gasteiger partial charge in [0.25, 0.3) is 5.91 Å². The van der Waals surface area contributed by atoms with Gasteiger partial charge in [0.15, 0.2) is 5.67 Å². The lowest BCUT2D eigenvalue weighted by Crippen LogP contribution is -2.58. The zero-order valence-electron chi connectivity index (χ0n) is 18.2. The lowest BCUT2D eigenvalue weighted by Gasteiger charge is -2.45. The molecule has 3 aromatic rings. The van der Waals surface area contributed by atoms with Gasteiger partial charge >= 0.3 is 0 Å². The van der Waals surface area contributed by atoms with Gasteiger partial charge in [-0.05, 0) is 55.7 Å². The zero-order chi connectivity index (χ0) is 23.0. The summed E-state index contributed by atoms with van der Waals surface area (Å²) in [7, 11) is 0. The van der Waals surface area contributed by atoms with Crippen LogP contribution in [-0.4, -0.2) is 33.9 Å². The number of H-pyrrole nitrogens is 1. The Labute approximate surface area is 185 Å². The monoisotopic (exact) mass is 427 g/mol. The minimum absolute atomic E-state index is 0.0336. The van der Waals surface area contributed by atoms with Gasteiger partial charge in [0.1, 0.15) is 5.82 Å². The van der Waals surface area contributed by atoms with Crippen LogP contribution in [0.4, 0.5) is 4.39 Å². The molecule has 1 fully saturated rings. The third kappa shape index (κ3) is 3.52. The van der Waals surface area contributed by atoms with Gasteiger partial charge in [-0.3, -0.25) is 4.79 Å². The predicted octanol–water partition coefficient (Wildman–Crippen LogP) is 4.26. The summed E-state index contributed by atoms with van der Waals surface area (Å²) < 4.78 is 15.3. The fourth-order valence-electron chi connectivity index (χ4n) is 4.27. The molecule has 1 aromatic heterocycles. The highest BCUT2D eigenvalue weighted by Gasteiger charge is 2.47. The van der Waals surface area contributed by atoms with Crippen LogP contribution in [-0.2, 0) is 12.1 Å². The first kappa shape index (κ1) is 21.3. The summed E-state index contributed by atoms with van der Waals surface area (Å²) in [6.45, 7) is 5.65. The number of nitrogens with zero attached hydrogens (tertiary/aromatic N) is 4. The van der Waals surface area contributed by atoms with Crippen molar-refractivity contribution < 1.29 is 9.18 Å². The molecule has 0 unspecified atom stereocenters. The highest BCUT2D eigenvalue weighted by Crippen LogP contribution is 2.38. The van der Waals surface area contributed by atoms with Crippen LogP contribution >= 0.6 is 0 Å². The summed E-state index contributed by atoms with van der Waals surface area (Å²) in [4.78, 5) is 22.4. The fraction of sp³-hybridized carbons (Fsp3) is 0.280. The van der Waals surface area contributed by atoms with E-state index in [4.69, 9.17) is 10.5 Å². The smallest absolute Gasteiger partial charge is 0.254 e. The minimum Gasteiger partial charge on any atom is -0.345 e. The van der Waals surface area contributed by atoms with Crippen LogP contribution < -0.4 is 0 Å². The van der Waals surface area contributed by atoms with Gasteiger partial charge in [0.2, 0.25) is 0 Å². The summed E-state index contributed by atoms with van der Waals surface area (Å²) in [5.74, 6) is 0.360. The van der Waals surface area contributed by atoms with Crippen LogP contribution in [0.25, 0.3) is 11.3 Å². The van der Waals surface area contributed by atoms with Crippen molar-refractivity contribution in [3.63, 3.8) is 0 Å². The average molecular weight is 427 g/mol. The quantitative estimate of drug-likeness (QED) is 0.673. The normalized spacial score (nSPS) is 14.4.